The molecule has 0 saturated heterocycles. The number of phenols is 1. The van der Waals surface area contributed by atoms with Gasteiger partial charge < -0.3 is 15.5 Å². The number of aromatic hydroxyl groups is 1. The second-order valence-corrected chi connectivity index (χ2v) is 3.71. The van der Waals surface area contributed by atoms with Crippen molar-refractivity contribution in [1.29, 1.82) is 0 Å². The van der Waals surface area contributed by atoms with Crippen molar-refractivity contribution >= 4 is 11.9 Å². The number of terminal acetylenes is 1. The minimum Gasteiger partial charge on any atom is -0.508 e. The molecule has 0 unspecified atom stereocenters. The minimum absolute atomic E-state index is 0.0991. The molecule has 1 amide bonds. The van der Waals surface area contributed by atoms with Crippen LogP contribution in [-0.2, 0) is 16.0 Å². The van der Waals surface area contributed by atoms with Gasteiger partial charge in [0.15, 0.2) is 0 Å². The van der Waals surface area contributed by atoms with Crippen LogP contribution in [0.3, 0.4) is 0 Å². The quantitative estimate of drug-likeness (QED) is 0.662. The van der Waals surface area contributed by atoms with Crippen LogP contribution in [0.5, 0.6) is 5.75 Å². The van der Waals surface area contributed by atoms with Crippen LogP contribution in [0, 0.1) is 12.3 Å². The molecule has 1 aromatic carbocycles. The Kier molecular flexibility index (Phi) is 4.76. The lowest BCUT2D eigenvalue weighted by atomic mass is 10.1. The van der Waals surface area contributed by atoms with Gasteiger partial charge in [-0.25, -0.2) is 4.79 Å². The largest absolute Gasteiger partial charge is 0.508 e. The molecule has 1 rings (SSSR count). The first-order valence-corrected chi connectivity index (χ1v) is 5.26. The molecule has 0 fully saturated rings. The molecule has 0 aliphatic carbocycles. The third kappa shape index (κ3) is 4.18. The fourth-order valence-corrected chi connectivity index (χ4v) is 1.41. The predicted octanol–water partition coefficient (Wildman–Crippen LogP) is 0.527. The molecule has 5 heteroatoms. The number of carboxylic acid groups (broad SMARTS) is 1. The Morgan fingerprint density at radius 3 is 2.44 bits per heavy atom. The van der Waals surface area contributed by atoms with Gasteiger partial charge in [0, 0.05) is 6.42 Å². The van der Waals surface area contributed by atoms with E-state index < -0.39 is 17.9 Å². The zero-order valence-corrected chi connectivity index (χ0v) is 9.59. The maximum Gasteiger partial charge on any atom is 0.326 e. The summed E-state index contributed by atoms with van der Waals surface area (Å²) in [6.07, 6.45) is 4.94. The van der Waals surface area contributed by atoms with Gasteiger partial charge >= 0.3 is 5.97 Å². The van der Waals surface area contributed by atoms with E-state index in [4.69, 9.17) is 16.6 Å². The first-order chi connectivity index (χ1) is 8.52. The van der Waals surface area contributed by atoms with Gasteiger partial charge in [-0.05, 0) is 17.7 Å². The van der Waals surface area contributed by atoms with E-state index in [-0.39, 0.29) is 18.6 Å². The van der Waals surface area contributed by atoms with Crippen LogP contribution >= 0.6 is 0 Å². The van der Waals surface area contributed by atoms with E-state index in [0.29, 0.717) is 5.56 Å². The van der Waals surface area contributed by atoms with E-state index in [1.54, 1.807) is 12.1 Å². The topological polar surface area (TPSA) is 86.6 Å². The SMILES string of the molecule is C#CCC(=O)N[C@H](Cc1ccc(O)cc1)C(=O)O. The molecule has 0 aliphatic rings. The number of carbonyl (C=O) groups is 2. The minimum atomic E-state index is -1.13. The maximum absolute atomic E-state index is 11.2. The monoisotopic (exact) mass is 247 g/mol. The van der Waals surface area contributed by atoms with Crippen LogP contribution in [0.2, 0.25) is 0 Å². The summed E-state index contributed by atoms with van der Waals surface area (Å²) in [7, 11) is 0. The van der Waals surface area contributed by atoms with Crippen molar-refractivity contribution in [3.63, 3.8) is 0 Å². The number of amides is 1. The number of carbonyl (C=O) groups excluding carboxylic acids is 1. The molecule has 0 saturated carbocycles. The lowest BCUT2D eigenvalue weighted by Crippen LogP contribution is -2.42. The van der Waals surface area contributed by atoms with E-state index >= 15 is 0 Å². The summed E-state index contributed by atoms with van der Waals surface area (Å²) in [5.41, 5.74) is 0.696. The number of rotatable bonds is 5. The molecule has 0 spiro atoms. The van der Waals surface area contributed by atoms with Crippen LogP contribution in [0.15, 0.2) is 24.3 Å². The van der Waals surface area contributed by atoms with Gasteiger partial charge in [-0.15, -0.1) is 6.42 Å². The summed E-state index contributed by atoms with van der Waals surface area (Å²) in [5.74, 6) is 0.616. The predicted molar refractivity (Wildman–Crippen MR) is 64.8 cm³/mol. The van der Waals surface area contributed by atoms with Gasteiger partial charge in [0.25, 0.3) is 0 Å². The molecule has 0 radical (unpaired) electrons. The second-order valence-electron chi connectivity index (χ2n) is 3.71. The average Bonchev–Trinajstić information content (AvgIpc) is 2.31. The van der Waals surface area contributed by atoms with Gasteiger partial charge in [0.2, 0.25) is 5.91 Å². The smallest absolute Gasteiger partial charge is 0.326 e. The first-order valence-electron chi connectivity index (χ1n) is 5.26. The highest BCUT2D eigenvalue weighted by Crippen LogP contribution is 2.11. The Labute approximate surface area is 104 Å². The third-order valence-corrected chi connectivity index (χ3v) is 2.27. The number of carboxylic acids is 1. The van der Waals surface area contributed by atoms with Crippen molar-refractivity contribution in [3.8, 4) is 18.1 Å². The van der Waals surface area contributed by atoms with Gasteiger partial charge in [-0.3, -0.25) is 4.79 Å². The molecule has 94 valence electrons. The summed E-state index contributed by atoms with van der Waals surface area (Å²) in [6.45, 7) is 0. The first kappa shape index (κ1) is 13.6. The Morgan fingerprint density at radius 1 is 1.33 bits per heavy atom. The maximum atomic E-state index is 11.2. The molecule has 0 aliphatic heterocycles. The highest BCUT2D eigenvalue weighted by Gasteiger charge is 2.19. The van der Waals surface area contributed by atoms with Crippen molar-refractivity contribution in [2.45, 2.75) is 18.9 Å². The average molecular weight is 247 g/mol. The molecular weight excluding hydrogens is 234 g/mol. The van der Waals surface area contributed by atoms with Crippen molar-refractivity contribution in [2.75, 3.05) is 0 Å². The Balaban J connectivity index is 2.69. The molecule has 3 N–H and O–H groups in total. The van der Waals surface area contributed by atoms with Gasteiger partial charge in [-0.1, -0.05) is 18.1 Å². The van der Waals surface area contributed by atoms with E-state index in [0.717, 1.165) is 0 Å². The lowest BCUT2D eigenvalue weighted by Gasteiger charge is -2.13. The van der Waals surface area contributed by atoms with Crippen LogP contribution < -0.4 is 5.32 Å². The fraction of sp³-hybridized carbons (Fsp3) is 0.231. The summed E-state index contributed by atoms with van der Waals surface area (Å²) in [5, 5.41) is 20.4. The molecule has 18 heavy (non-hydrogen) atoms. The molecule has 1 atom stereocenters. The van der Waals surface area contributed by atoms with Crippen LogP contribution in [0.25, 0.3) is 0 Å². The summed E-state index contributed by atoms with van der Waals surface area (Å²) < 4.78 is 0. The number of hydrogen-bond acceptors (Lipinski definition) is 3. The van der Waals surface area contributed by atoms with E-state index in [2.05, 4.69) is 11.2 Å². The van der Waals surface area contributed by atoms with Crippen molar-refractivity contribution < 1.29 is 19.8 Å². The second kappa shape index (κ2) is 6.30. The highest BCUT2D eigenvalue weighted by atomic mass is 16.4. The van der Waals surface area contributed by atoms with E-state index in [1.165, 1.54) is 12.1 Å². The fourth-order valence-electron chi connectivity index (χ4n) is 1.41. The Bertz CT molecular complexity index is 473. The number of aliphatic carboxylic acids is 1. The molecule has 1 aromatic rings. The third-order valence-electron chi connectivity index (χ3n) is 2.27. The number of phenolic OH excluding ortho intramolecular Hbond substituents is 1. The van der Waals surface area contributed by atoms with Crippen molar-refractivity contribution in [1.82, 2.24) is 5.32 Å². The zero-order valence-electron chi connectivity index (χ0n) is 9.59. The van der Waals surface area contributed by atoms with Gasteiger partial charge in [0.05, 0.1) is 6.42 Å². The standard InChI is InChI=1S/C13H13NO4/c1-2-3-12(16)14-11(13(17)18)8-9-4-6-10(15)7-5-9/h1,4-7,11,15H,3,8H2,(H,14,16)(H,17,18)/t11-/m1/s1. The van der Waals surface area contributed by atoms with E-state index in [9.17, 15) is 9.59 Å². The summed E-state index contributed by atoms with van der Waals surface area (Å²) >= 11 is 0. The molecule has 0 aromatic heterocycles. The van der Waals surface area contributed by atoms with Crippen molar-refractivity contribution in [2.24, 2.45) is 0 Å². The van der Waals surface area contributed by atoms with Gasteiger partial charge in [-0.2, -0.15) is 0 Å². The summed E-state index contributed by atoms with van der Waals surface area (Å²) in [6, 6.07) is 5.07. The number of hydrogen-bond donors (Lipinski definition) is 3. The Morgan fingerprint density at radius 2 is 1.94 bits per heavy atom. The van der Waals surface area contributed by atoms with Crippen LogP contribution in [-0.4, -0.2) is 28.1 Å². The molecule has 5 nitrogen and oxygen atoms in total. The zero-order chi connectivity index (χ0) is 13.5. The van der Waals surface area contributed by atoms with Crippen LogP contribution in [0.1, 0.15) is 12.0 Å². The molecular formula is C13H13NO4. The molecule has 0 heterocycles. The highest BCUT2D eigenvalue weighted by molar-refractivity contribution is 5.84. The summed E-state index contributed by atoms with van der Waals surface area (Å²) in [4.78, 5) is 22.2. The van der Waals surface area contributed by atoms with Gasteiger partial charge in [0.1, 0.15) is 11.8 Å². The van der Waals surface area contributed by atoms with Crippen molar-refractivity contribution in [3.05, 3.63) is 29.8 Å². The van der Waals surface area contributed by atoms with Crippen LogP contribution in [0.4, 0.5) is 0 Å². The number of benzene rings is 1. The molecule has 0 bridgehead atoms. The van der Waals surface area contributed by atoms with E-state index in [1.807, 2.05) is 0 Å². The normalized spacial score (nSPS) is 11.3. The Hall–Kier alpha value is -2.48. The number of nitrogens with one attached hydrogen (secondary N) is 1. The lowest BCUT2D eigenvalue weighted by molar-refractivity contribution is -0.141.